The van der Waals surface area contributed by atoms with E-state index in [1.165, 1.54) is 7.11 Å². The lowest BCUT2D eigenvalue weighted by atomic mass is 10.2. The molecule has 2 heterocycles. The molecule has 3 aromatic rings. The maximum atomic E-state index is 12.2. The second kappa shape index (κ2) is 6.54. The molecule has 0 unspecified atom stereocenters. The van der Waals surface area contributed by atoms with Crippen molar-refractivity contribution in [3.05, 3.63) is 66.1 Å². The van der Waals surface area contributed by atoms with Crippen molar-refractivity contribution < 1.29 is 23.6 Å². The molecule has 0 atom stereocenters. The van der Waals surface area contributed by atoms with Gasteiger partial charge in [-0.25, -0.2) is 14.2 Å². The van der Waals surface area contributed by atoms with Crippen LogP contribution in [0.2, 0.25) is 0 Å². The van der Waals surface area contributed by atoms with Crippen LogP contribution in [-0.4, -0.2) is 23.6 Å². The van der Waals surface area contributed by atoms with E-state index in [9.17, 15) is 9.59 Å². The summed E-state index contributed by atoms with van der Waals surface area (Å²) in [6.07, 6.45) is 3.50. The summed E-state index contributed by atoms with van der Waals surface area (Å²) in [4.78, 5) is 24.2. The normalized spacial score (nSPS) is 10.6. The molecule has 0 aliphatic carbocycles. The summed E-state index contributed by atoms with van der Waals surface area (Å²) in [5, 5.41) is 0.875. The summed E-state index contributed by atoms with van der Waals surface area (Å²) in [5.74, 6) is -0.937. The van der Waals surface area contributed by atoms with Crippen LogP contribution < -0.4 is 4.57 Å². The molecule has 0 amide bonds. The molecule has 0 saturated heterocycles. The molecule has 0 fully saturated rings. The Bertz CT molecular complexity index is 914. The van der Waals surface area contributed by atoms with Crippen molar-refractivity contribution in [1.82, 2.24) is 4.57 Å². The number of carbonyl (C=O) groups is 2. The molecule has 6 heteroatoms. The number of benzene rings is 1. The van der Waals surface area contributed by atoms with Crippen molar-refractivity contribution in [3.8, 4) is 0 Å². The molecule has 3 rings (SSSR count). The Kier molecular flexibility index (Phi) is 4.29. The zero-order chi connectivity index (χ0) is 17.1. The fourth-order valence-corrected chi connectivity index (χ4v) is 2.54. The number of hydrogen-bond acceptors (Lipinski definition) is 4. The van der Waals surface area contributed by atoms with Gasteiger partial charge in [-0.15, -0.1) is 0 Å². The topological polar surface area (TPSA) is 61.4 Å². The molecule has 6 nitrogen and oxygen atoms in total. The highest BCUT2D eigenvalue weighted by Crippen LogP contribution is 2.20. The number of methoxy groups -OCH3 is 1. The summed E-state index contributed by atoms with van der Waals surface area (Å²) in [5.41, 5.74) is 1.57. The summed E-state index contributed by atoms with van der Waals surface area (Å²) in [6.45, 7) is -0.0740. The van der Waals surface area contributed by atoms with Crippen LogP contribution in [0.25, 0.3) is 10.9 Å². The van der Waals surface area contributed by atoms with E-state index in [1.807, 2.05) is 37.5 Å². The molecule has 0 aliphatic heterocycles. The van der Waals surface area contributed by atoms with Crippen LogP contribution in [0.4, 0.5) is 0 Å². The van der Waals surface area contributed by atoms with Crippen molar-refractivity contribution in [3.63, 3.8) is 0 Å². The highest BCUT2D eigenvalue weighted by molar-refractivity contribution is 5.95. The number of rotatable bonds is 4. The molecule has 24 heavy (non-hydrogen) atoms. The first kappa shape index (κ1) is 15.7. The minimum absolute atomic E-state index is 0.0740. The monoisotopic (exact) mass is 325 g/mol. The van der Waals surface area contributed by atoms with Gasteiger partial charge in [-0.2, -0.15) is 0 Å². The SMILES string of the molecule is COC(=O)c1cc2ccccc2n1COC(=O)c1ccc[n+](C)c1. The van der Waals surface area contributed by atoms with Crippen LogP contribution in [0, 0.1) is 0 Å². The predicted octanol–water partition coefficient (Wildman–Crippen LogP) is 2.07. The highest BCUT2D eigenvalue weighted by atomic mass is 16.5. The first-order valence-electron chi connectivity index (χ1n) is 7.39. The van der Waals surface area contributed by atoms with Gasteiger partial charge in [0.25, 0.3) is 0 Å². The van der Waals surface area contributed by atoms with E-state index in [2.05, 4.69) is 0 Å². The van der Waals surface area contributed by atoms with Gasteiger partial charge in [0.05, 0.1) is 12.6 Å². The number of aromatic nitrogens is 2. The molecule has 2 aromatic heterocycles. The smallest absolute Gasteiger partial charge is 0.354 e. The molecule has 0 aliphatic rings. The number of ether oxygens (including phenoxy) is 2. The van der Waals surface area contributed by atoms with Crippen molar-refractivity contribution in [2.24, 2.45) is 7.05 Å². The maximum Gasteiger partial charge on any atom is 0.354 e. The lowest BCUT2D eigenvalue weighted by Gasteiger charge is -2.10. The van der Waals surface area contributed by atoms with Gasteiger partial charge in [0.2, 0.25) is 0 Å². The number of hydrogen-bond donors (Lipinski definition) is 0. The van der Waals surface area contributed by atoms with E-state index in [1.54, 1.807) is 33.5 Å². The molecule has 0 bridgehead atoms. The number of nitrogens with zero attached hydrogens (tertiary/aromatic N) is 2. The minimum atomic E-state index is -0.478. The largest absolute Gasteiger partial charge is 0.464 e. The van der Waals surface area contributed by atoms with E-state index in [4.69, 9.17) is 9.47 Å². The minimum Gasteiger partial charge on any atom is -0.464 e. The Morgan fingerprint density at radius 2 is 1.92 bits per heavy atom. The zero-order valence-corrected chi connectivity index (χ0v) is 13.4. The van der Waals surface area contributed by atoms with Crippen molar-refractivity contribution in [1.29, 1.82) is 0 Å². The first-order chi connectivity index (χ1) is 11.6. The second-order valence-electron chi connectivity index (χ2n) is 5.33. The number of carbonyl (C=O) groups excluding carboxylic acids is 2. The third-order valence-corrected chi connectivity index (χ3v) is 3.71. The lowest BCUT2D eigenvalue weighted by Crippen LogP contribution is -2.28. The summed E-state index contributed by atoms with van der Waals surface area (Å²) < 4.78 is 13.6. The van der Waals surface area contributed by atoms with Crippen molar-refractivity contribution in [2.75, 3.05) is 7.11 Å². The Balaban J connectivity index is 1.89. The second-order valence-corrected chi connectivity index (χ2v) is 5.33. The standard InChI is InChI=1S/C18H17N2O4/c1-19-9-5-7-14(11-19)17(21)24-12-20-15-8-4-3-6-13(15)10-16(20)18(22)23-2/h3-11H,12H2,1-2H3/q+1. The third kappa shape index (κ3) is 2.99. The molecule has 122 valence electrons. The van der Waals surface area contributed by atoms with Crippen LogP contribution in [0.1, 0.15) is 20.8 Å². The summed E-state index contributed by atoms with van der Waals surface area (Å²) in [7, 11) is 3.14. The van der Waals surface area contributed by atoms with E-state index < -0.39 is 11.9 Å². The van der Waals surface area contributed by atoms with Crippen LogP contribution in [-0.2, 0) is 23.3 Å². The molecular weight excluding hydrogens is 308 g/mol. The van der Waals surface area contributed by atoms with Gasteiger partial charge >= 0.3 is 11.9 Å². The maximum absolute atomic E-state index is 12.2. The Morgan fingerprint density at radius 1 is 1.12 bits per heavy atom. The number of fused-ring (bicyclic) bond motifs is 1. The van der Waals surface area contributed by atoms with Crippen LogP contribution >= 0.6 is 0 Å². The number of pyridine rings is 1. The molecule has 1 aromatic carbocycles. The van der Waals surface area contributed by atoms with Gasteiger partial charge in [-0.3, -0.25) is 0 Å². The molecule has 0 N–H and O–H groups in total. The van der Waals surface area contributed by atoms with Crippen molar-refractivity contribution >= 4 is 22.8 Å². The average Bonchev–Trinajstić information content (AvgIpc) is 2.97. The van der Waals surface area contributed by atoms with Gasteiger partial charge < -0.3 is 14.0 Å². The zero-order valence-electron chi connectivity index (χ0n) is 13.4. The average molecular weight is 325 g/mol. The van der Waals surface area contributed by atoms with Gasteiger partial charge in [0, 0.05) is 11.5 Å². The van der Waals surface area contributed by atoms with E-state index >= 15 is 0 Å². The number of esters is 2. The molecular formula is C18H17N2O4+. The quantitative estimate of drug-likeness (QED) is 0.544. The van der Waals surface area contributed by atoms with Gasteiger partial charge in [-0.1, -0.05) is 18.2 Å². The summed E-state index contributed by atoms with van der Waals surface area (Å²) >= 11 is 0. The summed E-state index contributed by atoms with van der Waals surface area (Å²) in [6, 6.07) is 12.6. The van der Waals surface area contributed by atoms with Crippen LogP contribution in [0.5, 0.6) is 0 Å². The molecule has 0 radical (unpaired) electrons. The molecule has 0 spiro atoms. The lowest BCUT2D eigenvalue weighted by molar-refractivity contribution is -0.671. The van der Waals surface area contributed by atoms with Gasteiger partial charge in [0.15, 0.2) is 19.1 Å². The Morgan fingerprint density at radius 3 is 2.67 bits per heavy atom. The number of aryl methyl sites for hydroxylation is 1. The highest BCUT2D eigenvalue weighted by Gasteiger charge is 2.18. The fourth-order valence-electron chi connectivity index (χ4n) is 2.54. The fraction of sp³-hybridized carbons (Fsp3) is 0.167. The van der Waals surface area contributed by atoms with E-state index in [0.29, 0.717) is 11.3 Å². The van der Waals surface area contributed by atoms with E-state index in [0.717, 1.165) is 10.9 Å². The third-order valence-electron chi connectivity index (χ3n) is 3.71. The van der Waals surface area contributed by atoms with Crippen LogP contribution in [0.15, 0.2) is 54.9 Å². The van der Waals surface area contributed by atoms with Crippen molar-refractivity contribution in [2.45, 2.75) is 6.73 Å². The Hall–Kier alpha value is -3.15. The van der Waals surface area contributed by atoms with Crippen LogP contribution in [0.3, 0.4) is 0 Å². The van der Waals surface area contributed by atoms with Gasteiger partial charge in [-0.05, 0) is 18.2 Å². The molecule has 0 saturated carbocycles. The van der Waals surface area contributed by atoms with E-state index in [-0.39, 0.29) is 6.73 Å². The van der Waals surface area contributed by atoms with Gasteiger partial charge in [0.1, 0.15) is 18.3 Å². The number of para-hydroxylation sites is 1. The predicted molar refractivity (Wildman–Crippen MR) is 86.3 cm³/mol. The Labute approximate surface area is 138 Å². The first-order valence-corrected chi connectivity index (χ1v) is 7.39.